The number of amides is 1. The fourth-order valence-electron chi connectivity index (χ4n) is 2.28. The number of unbranched alkanes of at least 4 members (excludes halogenated alkanes) is 1. The van der Waals surface area contributed by atoms with Gasteiger partial charge in [-0.05, 0) is 32.8 Å². The molecule has 126 valence electrons. The van der Waals surface area contributed by atoms with E-state index in [1.54, 1.807) is 4.57 Å². The molecule has 5 nitrogen and oxygen atoms in total. The molecular formula is C16H23N3O2S2. The molecule has 7 heteroatoms. The first kappa shape index (κ1) is 18.0. The molecule has 2 heterocycles. The average molecular weight is 354 g/mol. The number of hydrogen-bond acceptors (Lipinski definition) is 5. The molecule has 23 heavy (non-hydrogen) atoms. The van der Waals surface area contributed by atoms with Crippen LogP contribution < -0.4 is 10.9 Å². The first-order valence-corrected chi connectivity index (χ1v) is 9.69. The predicted octanol–water partition coefficient (Wildman–Crippen LogP) is 3.10. The molecule has 0 radical (unpaired) electrons. The van der Waals surface area contributed by atoms with Gasteiger partial charge in [-0.3, -0.25) is 14.2 Å². The molecule has 1 N–H and O–H groups in total. The maximum Gasteiger partial charge on any atom is 0.263 e. The molecule has 0 unspecified atom stereocenters. The van der Waals surface area contributed by atoms with Gasteiger partial charge in [-0.15, -0.1) is 11.3 Å². The number of nitrogens with one attached hydrogen (secondary N) is 1. The number of aromatic nitrogens is 2. The van der Waals surface area contributed by atoms with E-state index in [1.807, 2.05) is 20.8 Å². The number of carbonyl (C=O) groups excluding carboxylic acids is 1. The lowest BCUT2D eigenvalue weighted by atomic mass is 10.2. The van der Waals surface area contributed by atoms with E-state index in [4.69, 9.17) is 0 Å². The number of thiophene rings is 1. The monoisotopic (exact) mass is 353 g/mol. The Kier molecular flexibility index (Phi) is 6.24. The zero-order valence-corrected chi connectivity index (χ0v) is 15.7. The zero-order chi connectivity index (χ0) is 17.0. The van der Waals surface area contributed by atoms with Crippen LogP contribution in [0.15, 0.2) is 9.95 Å². The van der Waals surface area contributed by atoms with E-state index in [0.29, 0.717) is 23.6 Å². The largest absolute Gasteiger partial charge is 0.355 e. The molecule has 0 aromatic carbocycles. The van der Waals surface area contributed by atoms with Crippen LogP contribution in [0.1, 0.15) is 37.1 Å². The summed E-state index contributed by atoms with van der Waals surface area (Å²) in [5, 5.41) is 4.22. The topological polar surface area (TPSA) is 64.0 Å². The van der Waals surface area contributed by atoms with E-state index in [2.05, 4.69) is 17.2 Å². The van der Waals surface area contributed by atoms with Crippen molar-refractivity contribution in [2.24, 2.45) is 0 Å². The highest BCUT2D eigenvalue weighted by Gasteiger charge is 2.16. The van der Waals surface area contributed by atoms with Crippen molar-refractivity contribution in [1.82, 2.24) is 14.9 Å². The number of hydrogen-bond donors (Lipinski definition) is 1. The lowest BCUT2D eigenvalue weighted by Gasteiger charge is -2.10. The smallest absolute Gasteiger partial charge is 0.263 e. The Hall–Kier alpha value is -1.34. The van der Waals surface area contributed by atoms with Gasteiger partial charge < -0.3 is 5.32 Å². The predicted molar refractivity (Wildman–Crippen MR) is 97.7 cm³/mol. The van der Waals surface area contributed by atoms with Crippen molar-refractivity contribution in [2.75, 3.05) is 12.3 Å². The fourth-order valence-corrected chi connectivity index (χ4v) is 4.25. The molecule has 1 amide bonds. The summed E-state index contributed by atoms with van der Waals surface area (Å²) in [6.07, 6.45) is 2.03. The van der Waals surface area contributed by atoms with Crippen LogP contribution >= 0.6 is 23.1 Å². The van der Waals surface area contributed by atoms with Crippen molar-refractivity contribution in [2.45, 2.75) is 52.2 Å². The molecule has 0 saturated heterocycles. The van der Waals surface area contributed by atoms with Crippen LogP contribution in [0.5, 0.6) is 0 Å². The summed E-state index contributed by atoms with van der Waals surface area (Å²) in [5.41, 5.74) is 1.01. The summed E-state index contributed by atoms with van der Waals surface area (Å²) in [4.78, 5) is 31.0. The van der Waals surface area contributed by atoms with Gasteiger partial charge in [0.1, 0.15) is 4.83 Å². The number of nitrogens with zero attached hydrogens (tertiary/aromatic N) is 2. The lowest BCUT2D eigenvalue weighted by Crippen LogP contribution is -2.27. The first-order chi connectivity index (χ1) is 11.0. The Labute approximate surface area is 144 Å². The van der Waals surface area contributed by atoms with E-state index in [0.717, 1.165) is 28.1 Å². The molecule has 0 fully saturated rings. The molecule has 0 atom stereocenters. The van der Waals surface area contributed by atoms with Crippen molar-refractivity contribution >= 4 is 39.2 Å². The maximum atomic E-state index is 12.7. The second-order valence-corrected chi connectivity index (χ2v) is 7.55. The van der Waals surface area contributed by atoms with E-state index < -0.39 is 0 Å². The summed E-state index contributed by atoms with van der Waals surface area (Å²) in [6.45, 7) is 9.23. The Morgan fingerprint density at radius 2 is 2.09 bits per heavy atom. The van der Waals surface area contributed by atoms with Gasteiger partial charge in [0.05, 0.1) is 11.1 Å². The second-order valence-electron chi connectivity index (χ2n) is 5.40. The van der Waals surface area contributed by atoms with E-state index in [1.165, 1.54) is 23.1 Å². The van der Waals surface area contributed by atoms with Gasteiger partial charge in [-0.25, -0.2) is 4.98 Å². The third kappa shape index (κ3) is 3.95. The van der Waals surface area contributed by atoms with Crippen molar-refractivity contribution in [3.05, 3.63) is 20.8 Å². The minimum Gasteiger partial charge on any atom is -0.355 e. The number of rotatable bonds is 7. The van der Waals surface area contributed by atoms with Crippen LogP contribution in [-0.4, -0.2) is 27.8 Å². The fraction of sp³-hybridized carbons (Fsp3) is 0.562. The molecule has 0 bridgehead atoms. The Bertz CT molecular complexity index is 765. The van der Waals surface area contributed by atoms with Crippen LogP contribution in [0.2, 0.25) is 0 Å². The van der Waals surface area contributed by atoms with Crippen molar-refractivity contribution < 1.29 is 4.79 Å². The number of fused-ring (bicyclic) bond motifs is 1. The van der Waals surface area contributed by atoms with Crippen molar-refractivity contribution in [1.29, 1.82) is 0 Å². The zero-order valence-electron chi connectivity index (χ0n) is 14.1. The summed E-state index contributed by atoms with van der Waals surface area (Å²) in [6, 6.07) is 0. The molecule has 2 aromatic rings. The second kappa shape index (κ2) is 7.97. The van der Waals surface area contributed by atoms with Crippen LogP contribution in [0.3, 0.4) is 0 Å². The summed E-state index contributed by atoms with van der Waals surface area (Å²) >= 11 is 2.87. The first-order valence-electron chi connectivity index (χ1n) is 7.89. The summed E-state index contributed by atoms with van der Waals surface area (Å²) in [5.74, 6) is 0.268. The van der Waals surface area contributed by atoms with E-state index >= 15 is 0 Å². The number of carbonyl (C=O) groups is 1. The van der Waals surface area contributed by atoms with Crippen molar-refractivity contribution in [3.63, 3.8) is 0 Å². The molecule has 2 rings (SSSR count). The summed E-state index contributed by atoms with van der Waals surface area (Å²) < 4.78 is 1.66. The SMILES string of the molecule is CCCCNC(=O)CSc1nc2sc(C)c(C)c2c(=O)n1CC. The highest BCUT2D eigenvalue weighted by molar-refractivity contribution is 7.99. The van der Waals surface area contributed by atoms with Crippen LogP contribution in [0.4, 0.5) is 0 Å². The standard InChI is InChI=1S/C16H23N3O2S2/c1-5-7-8-17-12(20)9-22-16-18-14-13(10(3)11(4)23-14)15(21)19(16)6-2/h5-9H2,1-4H3,(H,17,20). The molecule has 0 aliphatic rings. The van der Waals surface area contributed by atoms with Crippen LogP contribution in [0, 0.1) is 13.8 Å². The van der Waals surface area contributed by atoms with E-state index in [-0.39, 0.29) is 17.2 Å². The van der Waals surface area contributed by atoms with E-state index in [9.17, 15) is 9.59 Å². The quantitative estimate of drug-likeness (QED) is 0.472. The minimum atomic E-state index is -0.0148. The molecule has 2 aromatic heterocycles. The van der Waals surface area contributed by atoms with Crippen molar-refractivity contribution in [3.8, 4) is 0 Å². The third-order valence-corrected chi connectivity index (χ3v) is 5.83. The van der Waals surface area contributed by atoms with Crippen LogP contribution in [-0.2, 0) is 11.3 Å². The number of aryl methyl sites for hydroxylation is 2. The normalized spacial score (nSPS) is 11.1. The molecule has 0 spiro atoms. The van der Waals surface area contributed by atoms with Gasteiger partial charge in [-0.1, -0.05) is 25.1 Å². The Morgan fingerprint density at radius 1 is 1.35 bits per heavy atom. The molecule has 0 saturated carbocycles. The van der Waals surface area contributed by atoms with Gasteiger partial charge >= 0.3 is 0 Å². The number of thioether (sulfide) groups is 1. The van der Waals surface area contributed by atoms with Gasteiger partial charge in [0.15, 0.2) is 5.16 Å². The van der Waals surface area contributed by atoms with Gasteiger partial charge in [-0.2, -0.15) is 0 Å². The minimum absolute atomic E-state index is 0.00626. The Morgan fingerprint density at radius 3 is 2.74 bits per heavy atom. The van der Waals surface area contributed by atoms with Gasteiger partial charge in [0.25, 0.3) is 5.56 Å². The van der Waals surface area contributed by atoms with Gasteiger partial charge in [0, 0.05) is 18.0 Å². The highest BCUT2D eigenvalue weighted by Crippen LogP contribution is 2.28. The van der Waals surface area contributed by atoms with Gasteiger partial charge in [0.2, 0.25) is 5.91 Å². The molecule has 0 aliphatic heterocycles. The third-order valence-electron chi connectivity index (χ3n) is 3.75. The summed E-state index contributed by atoms with van der Waals surface area (Å²) in [7, 11) is 0. The Balaban J connectivity index is 2.23. The average Bonchev–Trinajstić information content (AvgIpc) is 2.80. The molecule has 0 aliphatic carbocycles. The van der Waals surface area contributed by atoms with Crippen LogP contribution in [0.25, 0.3) is 10.2 Å². The molecular weight excluding hydrogens is 330 g/mol. The highest BCUT2D eigenvalue weighted by atomic mass is 32.2. The lowest BCUT2D eigenvalue weighted by molar-refractivity contribution is -0.118. The maximum absolute atomic E-state index is 12.7.